The highest BCUT2D eigenvalue weighted by Crippen LogP contribution is 2.25. The van der Waals surface area contributed by atoms with Crippen LogP contribution in [0.3, 0.4) is 0 Å². The summed E-state index contributed by atoms with van der Waals surface area (Å²) in [7, 11) is 0. The van der Waals surface area contributed by atoms with Gasteiger partial charge in [-0.05, 0) is 26.8 Å². The predicted octanol–water partition coefficient (Wildman–Crippen LogP) is 1.15. The van der Waals surface area contributed by atoms with Crippen molar-refractivity contribution >= 4 is 11.9 Å². The van der Waals surface area contributed by atoms with Gasteiger partial charge in [-0.15, -0.1) is 0 Å². The van der Waals surface area contributed by atoms with E-state index in [4.69, 9.17) is 9.47 Å². The summed E-state index contributed by atoms with van der Waals surface area (Å²) in [5, 5.41) is 0. The lowest BCUT2D eigenvalue weighted by Crippen LogP contribution is -2.41. The Morgan fingerprint density at radius 3 is 2.00 bits per heavy atom. The zero-order valence-corrected chi connectivity index (χ0v) is 11.4. The average Bonchev–Trinajstić information content (AvgIpc) is 2.40. The van der Waals surface area contributed by atoms with Crippen molar-refractivity contribution < 1.29 is 19.1 Å². The fraction of sp³-hybridized carbons (Fsp3) is 0.538. The lowest BCUT2D eigenvalue weighted by atomic mass is 9.86. The maximum atomic E-state index is 12.0. The minimum Gasteiger partial charge on any atom is -0.465 e. The van der Waals surface area contributed by atoms with E-state index < -0.39 is 17.4 Å². The number of carbonyl (C=O) groups is 2. The molecule has 0 N–H and O–H groups in total. The van der Waals surface area contributed by atoms with Crippen LogP contribution in [0.1, 0.15) is 26.6 Å². The molecule has 0 spiro atoms. The number of hydrogen-bond donors (Lipinski definition) is 0. The second-order valence-electron chi connectivity index (χ2n) is 4.11. The van der Waals surface area contributed by atoms with Crippen molar-refractivity contribution in [3.8, 4) is 0 Å². The van der Waals surface area contributed by atoms with Gasteiger partial charge in [0.05, 0.1) is 13.2 Å². The molecule has 0 aliphatic rings. The van der Waals surface area contributed by atoms with E-state index in [9.17, 15) is 9.59 Å². The van der Waals surface area contributed by atoms with Gasteiger partial charge in [0.2, 0.25) is 0 Å². The number of carbonyl (C=O) groups excluding carboxylic acids is 2. The van der Waals surface area contributed by atoms with Crippen LogP contribution in [-0.2, 0) is 25.5 Å². The van der Waals surface area contributed by atoms with Gasteiger partial charge in [-0.2, -0.15) is 0 Å². The first-order valence-electron chi connectivity index (χ1n) is 6.15. The van der Waals surface area contributed by atoms with Crippen molar-refractivity contribution in [3.05, 3.63) is 24.3 Å². The van der Waals surface area contributed by atoms with Crippen LogP contribution in [0.15, 0.2) is 18.5 Å². The second kappa shape index (κ2) is 6.82. The van der Waals surface area contributed by atoms with E-state index in [1.807, 2.05) is 0 Å². The third-order valence-corrected chi connectivity index (χ3v) is 2.58. The van der Waals surface area contributed by atoms with Gasteiger partial charge in [-0.1, -0.05) is 0 Å². The van der Waals surface area contributed by atoms with E-state index in [-0.39, 0.29) is 19.6 Å². The standard InChI is InChI=1S/C13H18N2O4/c1-4-18-11(16)13(3,12(17)19-5-2)9-10-14-7-6-8-15-10/h6-8H,4-5,9H2,1-3H3. The van der Waals surface area contributed by atoms with Crippen molar-refractivity contribution in [1.29, 1.82) is 0 Å². The average molecular weight is 266 g/mol. The molecule has 1 aromatic heterocycles. The molecule has 0 atom stereocenters. The summed E-state index contributed by atoms with van der Waals surface area (Å²) in [4.78, 5) is 32.1. The number of aromatic nitrogens is 2. The summed E-state index contributed by atoms with van der Waals surface area (Å²) in [6, 6.07) is 1.66. The van der Waals surface area contributed by atoms with Gasteiger partial charge in [-0.3, -0.25) is 9.59 Å². The summed E-state index contributed by atoms with van der Waals surface area (Å²) < 4.78 is 9.90. The fourth-order valence-corrected chi connectivity index (χ4v) is 1.55. The first-order valence-corrected chi connectivity index (χ1v) is 6.15. The maximum absolute atomic E-state index is 12.0. The first kappa shape index (κ1) is 15.1. The van der Waals surface area contributed by atoms with Crippen molar-refractivity contribution in [3.63, 3.8) is 0 Å². The molecule has 19 heavy (non-hydrogen) atoms. The molecule has 6 nitrogen and oxygen atoms in total. The maximum Gasteiger partial charge on any atom is 0.323 e. The lowest BCUT2D eigenvalue weighted by molar-refractivity contribution is -0.170. The number of esters is 2. The van der Waals surface area contributed by atoms with Crippen LogP contribution < -0.4 is 0 Å². The predicted molar refractivity (Wildman–Crippen MR) is 67.1 cm³/mol. The van der Waals surface area contributed by atoms with E-state index in [1.54, 1.807) is 32.3 Å². The summed E-state index contributed by atoms with van der Waals surface area (Å²) in [6.45, 7) is 5.25. The Morgan fingerprint density at radius 1 is 1.11 bits per heavy atom. The number of ether oxygens (including phenoxy) is 2. The van der Waals surface area contributed by atoms with Gasteiger partial charge in [-0.25, -0.2) is 9.97 Å². The topological polar surface area (TPSA) is 78.4 Å². The number of nitrogens with zero attached hydrogens (tertiary/aromatic N) is 2. The Labute approximate surface area is 112 Å². The normalized spacial score (nSPS) is 10.9. The Bertz CT molecular complexity index is 416. The van der Waals surface area contributed by atoms with E-state index in [1.165, 1.54) is 6.92 Å². The van der Waals surface area contributed by atoms with Crippen LogP contribution in [0.25, 0.3) is 0 Å². The van der Waals surface area contributed by atoms with Gasteiger partial charge >= 0.3 is 11.9 Å². The molecule has 0 amide bonds. The molecular formula is C13H18N2O4. The van der Waals surface area contributed by atoms with Gasteiger partial charge < -0.3 is 9.47 Å². The van der Waals surface area contributed by atoms with E-state index >= 15 is 0 Å². The molecule has 1 aromatic rings. The van der Waals surface area contributed by atoms with Crippen molar-refractivity contribution in [1.82, 2.24) is 9.97 Å². The van der Waals surface area contributed by atoms with E-state index in [0.717, 1.165) is 0 Å². The monoisotopic (exact) mass is 266 g/mol. The van der Waals surface area contributed by atoms with Crippen LogP contribution in [0.4, 0.5) is 0 Å². The van der Waals surface area contributed by atoms with Crippen LogP contribution >= 0.6 is 0 Å². The molecule has 0 aromatic carbocycles. The molecule has 0 saturated carbocycles. The third kappa shape index (κ3) is 3.74. The minimum atomic E-state index is -1.42. The molecule has 0 radical (unpaired) electrons. The first-order chi connectivity index (χ1) is 9.04. The molecule has 1 heterocycles. The van der Waals surface area contributed by atoms with E-state index in [0.29, 0.717) is 5.82 Å². The smallest absolute Gasteiger partial charge is 0.323 e. The summed E-state index contributed by atoms with van der Waals surface area (Å²) in [6.07, 6.45) is 3.16. The van der Waals surface area contributed by atoms with Crippen LogP contribution in [0.2, 0.25) is 0 Å². The molecule has 6 heteroatoms. The van der Waals surface area contributed by atoms with Gasteiger partial charge in [0.15, 0.2) is 5.41 Å². The fourth-order valence-electron chi connectivity index (χ4n) is 1.55. The molecule has 0 aliphatic carbocycles. The van der Waals surface area contributed by atoms with Crippen molar-refractivity contribution in [2.75, 3.05) is 13.2 Å². The molecule has 104 valence electrons. The van der Waals surface area contributed by atoms with Gasteiger partial charge in [0, 0.05) is 18.8 Å². The molecular weight excluding hydrogens is 248 g/mol. The van der Waals surface area contributed by atoms with Gasteiger partial charge in [0.1, 0.15) is 5.82 Å². The molecule has 1 rings (SSSR count). The van der Waals surface area contributed by atoms with Crippen molar-refractivity contribution in [2.45, 2.75) is 27.2 Å². The number of rotatable bonds is 6. The Kier molecular flexibility index (Phi) is 5.41. The van der Waals surface area contributed by atoms with Crippen molar-refractivity contribution in [2.24, 2.45) is 5.41 Å². The second-order valence-corrected chi connectivity index (χ2v) is 4.11. The Morgan fingerprint density at radius 2 is 1.58 bits per heavy atom. The summed E-state index contributed by atoms with van der Waals surface area (Å²) in [5.41, 5.74) is -1.42. The minimum absolute atomic E-state index is 0.0471. The molecule has 0 saturated heterocycles. The molecule has 0 fully saturated rings. The quantitative estimate of drug-likeness (QED) is 0.567. The van der Waals surface area contributed by atoms with Crippen LogP contribution in [0, 0.1) is 5.41 Å². The summed E-state index contributed by atoms with van der Waals surface area (Å²) >= 11 is 0. The van der Waals surface area contributed by atoms with Crippen LogP contribution in [-0.4, -0.2) is 35.1 Å². The largest absolute Gasteiger partial charge is 0.465 e. The lowest BCUT2D eigenvalue weighted by Gasteiger charge is -2.24. The molecule has 0 aliphatic heterocycles. The highest BCUT2D eigenvalue weighted by molar-refractivity contribution is 5.99. The van der Waals surface area contributed by atoms with Crippen LogP contribution in [0.5, 0.6) is 0 Å². The zero-order valence-electron chi connectivity index (χ0n) is 11.4. The highest BCUT2D eigenvalue weighted by Gasteiger charge is 2.45. The molecule has 0 unspecified atom stereocenters. The Balaban J connectivity index is 2.98. The SMILES string of the molecule is CCOC(=O)C(C)(Cc1ncccn1)C(=O)OCC. The molecule has 0 bridgehead atoms. The highest BCUT2D eigenvalue weighted by atomic mass is 16.6. The summed E-state index contributed by atoms with van der Waals surface area (Å²) in [5.74, 6) is -0.854. The third-order valence-electron chi connectivity index (χ3n) is 2.58. The number of hydrogen-bond acceptors (Lipinski definition) is 6. The van der Waals surface area contributed by atoms with E-state index in [2.05, 4.69) is 9.97 Å². The Hall–Kier alpha value is -1.98. The van der Waals surface area contributed by atoms with Gasteiger partial charge in [0.25, 0.3) is 0 Å². The zero-order chi connectivity index (χ0) is 14.3.